The zero-order chi connectivity index (χ0) is 45.1. The van der Waals surface area contributed by atoms with Gasteiger partial charge in [-0.05, 0) is 121 Å². The topological polar surface area (TPSA) is 21.3 Å². The molecule has 3 nitrogen and oxygen atoms in total. The van der Waals surface area contributed by atoms with Crippen molar-refractivity contribution in [1.29, 1.82) is 0 Å². The number of anilines is 3. The second-order valence-electron chi connectivity index (χ2n) is 21.3. The number of furan rings is 1. The third-order valence-electron chi connectivity index (χ3n) is 15.6. The first-order chi connectivity index (χ1) is 32.5. The Balaban J connectivity index is 1.20. The standard InChI is InChI=1S/C63H49BN2O/c1-61(2,3)38-27-30-40(31-28-38)65-56-36-47-46-21-11-16-26-58(46)67-59(47)37-53(56)64-52-33-39(62(4,5)6)29-32-50(52)63(48-22-12-7-17-42(48)43-18-8-13-23-49(43)63)51-34-41(35-57(65)60(51)64)66-54-24-14-9-19-44(54)45-20-10-15-25-55(45)66/h7-37H,1-6H3. The van der Waals surface area contributed by atoms with E-state index in [0.29, 0.717) is 0 Å². The Morgan fingerprint density at radius 2 is 1.00 bits per heavy atom. The highest BCUT2D eigenvalue weighted by molar-refractivity contribution is 6.99. The van der Waals surface area contributed by atoms with Gasteiger partial charge in [-0.1, -0.05) is 180 Å². The average Bonchev–Trinajstić information content (AvgIpc) is 3.98. The maximum Gasteiger partial charge on any atom is 0.247 e. The second kappa shape index (κ2) is 13.3. The van der Waals surface area contributed by atoms with Gasteiger partial charge in [-0.25, -0.2) is 0 Å². The lowest BCUT2D eigenvalue weighted by atomic mass is 9.29. The summed E-state index contributed by atoms with van der Waals surface area (Å²) in [5.41, 5.74) is 22.8. The summed E-state index contributed by atoms with van der Waals surface area (Å²) in [7, 11) is 0. The van der Waals surface area contributed by atoms with Crippen LogP contribution < -0.4 is 21.3 Å². The van der Waals surface area contributed by atoms with Gasteiger partial charge >= 0.3 is 0 Å². The lowest BCUT2D eigenvalue weighted by Gasteiger charge is -2.48. The molecule has 0 radical (unpaired) electrons. The number of hydrogen-bond donors (Lipinski definition) is 0. The van der Waals surface area contributed by atoms with Crippen LogP contribution in [0.5, 0.6) is 0 Å². The molecule has 320 valence electrons. The fourth-order valence-electron chi connectivity index (χ4n) is 12.5. The first-order valence-corrected chi connectivity index (χ1v) is 23.9. The van der Waals surface area contributed by atoms with Gasteiger partial charge in [-0.15, -0.1) is 0 Å². The first kappa shape index (κ1) is 38.7. The molecule has 2 aromatic heterocycles. The number of nitrogens with zero attached hydrogens (tertiary/aromatic N) is 2. The molecule has 0 atom stereocenters. The lowest BCUT2D eigenvalue weighted by molar-refractivity contribution is 0.590. The van der Waals surface area contributed by atoms with Gasteiger partial charge in [0, 0.05) is 44.3 Å². The van der Waals surface area contributed by atoms with Crippen LogP contribution in [-0.2, 0) is 16.2 Å². The molecule has 1 aliphatic carbocycles. The van der Waals surface area contributed by atoms with Crippen LogP contribution in [0.1, 0.15) is 74.9 Å². The van der Waals surface area contributed by atoms with E-state index in [1.54, 1.807) is 0 Å². The molecule has 4 heteroatoms. The number of hydrogen-bond acceptors (Lipinski definition) is 2. The highest BCUT2D eigenvalue weighted by atomic mass is 16.3. The quantitative estimate of drug-likeness (QED) is 0.162. The van der Waals surface area contributed by atoms with Crippen LogP contribution in [0.25, 0.3) is 60.6 Å². The van der Waals surface area contributed by atoms with Crippen LogP contribution in [0.15, 0.2) is 192 Å². The van der Waals surface area contributed by atoms with Crippen molar-refractivity contribution in [3.8, 4) is 16.8 Å². The van der Waals surface area contributed by atoms with Gasteiger partial charge in [0.2, 0.25) is 6.71 Å². The summed E-state index contributed by atoms with van der Waals surface area (Å²) in [6.07, 6.45) is 0. The summed E-state index contributed by atoms with van der Waals surface area (Å²) in [4.78, 5) is 2.59. The van der Waals surface area contributed by atoms with Crippen molar-refractivity contribution >= 4 is 83.9 Å². The summed E-state index contributed by atoms with van der Waals surface area (Å²) in [5, 5.41) is 4.76. The van der Waals surface area contributed by atoms with Gasteiger partial charge in [0.15, 0.2) is 0 Å². The molecule has 0 amide bonds. The van der Waals surface area contributed by atoms with E-state index < -0.39 is 5.41 Å². The Kier molecular flexibility index (Phi) is 7.68. The summed E-state index contributed by atoms with van der Waals surface area (Å²) in [6.45, 7) is 13.9. The van der Waals surface area contributed by atoms with Crippen LogP contribution in [0.4, 0.5) is 17.1 Å². The highest BCUT2D eigenvalue weighted by Gasteiger charge is 2.55. The van der Waals surface area contributed by atoms with Crippen molar-refractivity contribution in [2.75, 3.05) is 4.90 Å². The Bertz CT molecular complexity index is 3810. The molecule has 0 saturated heterocycles. The largest absolute Gasteiger partial charge is 0.456 e. The minimum absolute atomic E-state index is 0.00499. The molecule has 67 heavy (non-hydrogen) atoms. The zero-order valence-corrected chi connectivity index (χ0v) is 38.8. The smallest absolute Gasteiger partial charge is 0.247 e. The van der Waals surface area contributed by atoms with E-state index in [-0.39, 0.29) is 17.5 Å². The summed E-state index contributed by atoms with van der Waals surface area (Å²) >= 11 is 0. The van der Waals surface area contributed by atoms with Crippen molar-refractivity contribution in [1.82, 2.24) is 4.57 Å². The molecule has 0 unspecified atom stereocenters. The van der Waals surface area contributed by atoms with Crippen LogP contribution in [0.3, 0.4) is 0 Å². The van der Waals surface area contributed by atoms with Gasteiger partial charge in [0.05, 0.1) is 16.4 Å². The second-order valence-corrected chi connectivity index (χ2v) is 21.3. The highest BCUT2D eigenvalue weighted by Crippen LogP contribution is 2.58. The van der Waals surface area contributed by atoms with Crippen molar-refractivity contribution in [3.63, 3.8) is 0 Å². The third-order valence-corrected chi connectivity index (χ3v) is 15.6. The minimum Gasteiger partial charge on any atom is -0.456 e. The Morgan fingerprint density at radius 3 is 1.66 bits per heavy atom. The molecule has 0 N–H and O–H groups in total. The van der Waals surface area contributed by atoms with E-state index in [2.05, 4.69) is 239 Å². The van der Waals surface area contributed by atoms with Crippen LogP contribution in [-0.4, -0.2) is 11.3 Å². The number of rotatable bonds is 2. The molecular formula is C63H49BN2O. The predicted octanol–water partition coefficient (Wildman–Crippen LogP) is 14.3. The minimum atomic E-state index is -0.614. The van der Waals surface area contributed by atoms with Gasteiger partial charge in [-0.2, -0.15) is 0 Å². The third kappa shape index (κ3) is 5.13. The molecule has 14 rings (SSSR count). The monoisotopic (exact) mass is 860 g/mol. The first-order valence-electron chi connectivity index (χ1n) is 23.9. The molecule has 0 fully saturated rings. The molecule has 1 spiro atoms. The number of para-hydroxylation sites is 3. The fourth-order valence-corrected chi connectivity index (χ4v) is 12.5. The van der Waals surface area contributed by atoms with E-state index in [4.69, 9.17) is 4.42 Å². The predicted molar refractivity (Wildman–Crippen MR) is 282 cm³/mol. The van der Waals surface area contributed by atoms with E-state index in [1.165, 1.54) is 94.1 Å². The van der Waals surface area contributed by atoms with Crippen molar-refractivity contribution in [2.24, 2.45) is 0 Å². The molecular weight excluding hydrogens is 812 g/mol. The van der Waals surface area contributed by atoms with Gasteiger partial charge < -0.3 is 13.9 Å². The maximum atomic E-state index is 6.82. The molecule has 0 saturated carbocycles. The molecule has 4 heterocycles. The number of aromatic nitrogens is 1. The molecule has 3 aliphatic rings. The van der Waals surface area contributed by atoms with E-state index in [0.717, 1.165) is 33.3 Å². The molecule has 0 bridgehead atoms. The van der Waals surface area contributed by atoms with Gasteiger partial charge in [0.1, 0.15) is 11.2 Å². The molecule has 9 aromatic carbocycles. The van der Waals surface area contributed by atoms with E-state index >= 15 is 0 Å². The maximum absolute atomic E-state index is 6.82. The van der Waals surface area contributed by atoms with Crippen LogP contribution in [0, 0.1) is 0 Å². The average molecular weight is 861 g/mol. The Hall–Kier alpha value is -7.56. The fraction of sp³-hybridized carbons (Fsp3) is 0.143. The normalized spacial score (nSPS) is 14.5. The van der Waals surface area contributed by atoms with Gasteiger partial charge in [0.25, 0.3) is 0 Å². The Labute approximate surface area is 392 Å². The number of fused-ring (bicyclic) bond motifs is 17. The van der Waals surface area contributed by atoms with Crippen LogP contribution >= 0.6 is 0 Å². The zero-order valence-electron chi connectivity index (χ0n) is 38.8. The van der Waals surface area contributed by atoms with Crippen molar-refractivity contribution < 1.29 is 4.42 Å². The van der Waals surface area contributed by atoms with E-state index in [9.17, 15) is 0 Å². The van der Waals surface area contributed by atoms with Gasteiger partial charge in [-0.3, -0.25) is 0 Å². The molecule has 11 aromatic rings. The van der Waals surface area contributed by atoms with Crippen molar-refractivity contribution in [3.05, 3.63) is 221 Å². The van der Waals surface area contributed by atoms with Crippen molar-refractivity contribution in [2.45, 2.75) is 57.8 Å². The lowest BCUT2D eigenvalue weighted by Crippen LogP contribution is -2.65. The summed E-state index contributed by atoms with van der Waals surface area (Å²) in [5.74, 6) is 0. The van der Waals surface area contributed by atoms with E-state index in [1.807, 2.05) is 0 Å². The Morgan fingerprint density at radius 1 is 0.418 bits per heavy atom. The van der Waals surface area contributed by atoms with Crippen LogP contribution in [0.2, 0.25) is 0 Å². The molecule has 2 aliphatic heterocycles. The number of benzene rings is 9. The summed E-state index contributed by atoms with van der Waals surface area (Å²) in [6, 6.07) is 71.6. The summed E-state index contributed by atoms with van der Waals surface area (Å²) < 4.78 is 9.35. The SMILES string of the molecule is CC(C)(C)c1ccc(N2c3cc4c(cc3B3c5cc(C(C)(C)C)ccc5C5(c6ccccc6-c6ccccc65)c5cc(-n6c7ccccc7c7ccccc76)cc2c53)oc2ccccc24)cc1.